The van der Waals surface area contributed by atoms with E-state index in [9.17, 15) is 0 Å². The number of hydrogen-bond donors (Lipinski definition) is 2. The molecule has 0 saturated carbocycles. The number of nitrogens with zero attached hydrogens (tertiary/aromatic N) is 2. The Morgan fingerprint density at radius 3 is 2.89 bits per heavy atom. The van der Waals surface area contributed by atoms with Crippen molar-refractivity contribution in [2.45, 2.75) is 32.2 Å². The monoisotopic (exact) mass is 244 g/mol. The molecule has 1 aliphatic rings. The topological polar surface area (TPSA) is 57.9 Å². The lowest BCUT2D eigenvalue weighted by Crippen LogP contribution is -2.39. The third-order valence-corrected chi connectivity index (χ3v) is 3.87. The molecule has 3 rings (SSSR count). The zero-order valence-electron chi connectivity index (χ0n) is 10.8. The highest BCUT2D eigenvalue weighted by Gasteiger charge is 2.19. The van der Waals surface area contributed by atoms with Gasteiger partial charge in [-0.15, -0.1) is 0 Å². The SMILES string of the molecule is CCc1[nH]nc2cccc(N3CCC(N)CC3)c12. The maximum Gasteiger partial charge on any atom is 0.0944 e. The van der Waals surface area contributed by atoms with Crippen LogP contribution in [-0.4, -0.2) is 29.3 Å². The molecule has 1 fully saturated rings. The second-order valence-corrected chi connectivity index (χ2v) is 5.05. The second kappa shape index (κ2) is 4.61. The van der Waals surface area contributed by atoms with Gasteiger partial charge in [-0.05, 0) is 31.4 Å². The van der Waals surface area contributed by atoms with Crippen LogP contribution in [0.4, 0.5) is 5.69 Å². The molecule has 1 aromatic heterocycles. The largest absolute Gasteiger partial charge is 0.371 e. The Bertz CT molecular complexity index is 538. The van der Waals surface area contributed by atoms with Crippen molar-refractivity contribution >= 4 is 16.6 Å². The molecule has 0 atom stereocenters. The van der Waals surface area contributed by atoms with Crippen LogP contribution in [0.2, 0.25) is 0 Å². The van der Waals surface area contributed by atoms with Crippen molar-refractivity contribution in [3.8, 4) is 0 Å². The predicted octanol–water partition coefficient (Wildman–Crippen LogP) is 2.05. The first-order chi connectivity index (χ1) is 8.79. The Kier molecular flexibility index (Phi) is 2.96. The van der Waals surface area contributed by atoms with Crippen LogP contribution in [0.1, 0.15) is 25.5 Å². The van der Waals surface area contributed by atoms with E-state index < -0.39 is 0 Å². The summed E-state index contributed by atoms with van der Waals surface area (Å²) in [6.07, 6.45) is 3.15. The molecule has 1 aromatic carbocycles. The van der Waals surface area contributed by atoms with E-state index in [1.54, 1.807) is 0 Å². The lowest BCUT2D eigenvalue weighted by molar-refractivity contribution is 0.502. The number of anilines is 1. The van der Waals surface area contributed by atoms with Gasteiger partial charge in [0.2, 0.25) is 0 Å². The molecule has 0 bridgehead atoms. The molecule has 2 aromatic rings. The third-order valence-electron chi connectivity index (χ3n) is 3.87. The molecular formula is C14H20N4. The third kappa shape index (κ3) is 1.86. The van der Waals surface area contributed by atoms with Gasteiger partial charge in [0.05, 0.1) is 5.52 Å². The van der Waals surface area contributed by atoms with E-state index in [1.165, 1.54) is 16.8 Å². The van der Waals surface area contributed by atoms with Gasteiger partial charge in [-0.25, -0.2) is 0 Å². The molecule has 1 saturated heterocycles. The summed E-state index contributed by atoms with van der Waals surface area (Å²) in [6, 6.07) is 6.74. The van der Waals surface area contributed by atoms with Gasteiger partial charge < -0.3 is 10.6 Å². The average Bonchev–Trinajstić information content (AvgIpc) is 2.82. The van der Waals surface area contributed by atoms with Crippen molar-refractivity contribution in [1.82, 2.24) is 10.2 Å². The Morgan fingerprint density at radius 1 is 1.39 bits per heavy atom. The number of hydrogen-bond acceptors (Lipinski definition) is 3. The molecule has 3 N–H and O–H groups in total. The summed E-state index contributed by atoms with van der Waals surface area (Å²) in [4.78, 5) is 2.44. The van der Waals surface area contributed by atoms with Crippen molar-refractivity contribution < 1.29 is 0 Å². The first-order valence-electron chi connectivity index (χ1n) is 6.76. The van der Waals surface area contributed by atoms with Crippen LogP contribution in [-0.2, 0) is 6.42 Å². The first kappa shape index (κ1) is 11.5. The lowest BCUT2D eigenvalue weighted by Gasteiger charge is -2.32. The van der Waals surface area contributed by atoms with E-state index in [0.29, 0.717) is 6.04 Å². The van der Waals surface area contributed by atoms with Crippen LogP contribution in [0.25, 0.3) is 10.9 Å². The minimum Gasteiger partial charge on any atom is -0.371 e. The second-order valence-electron chi connectivity index (χ2n) is 5.05. The molecule has 0 aliphatic carbocycles. The fourth-order valence-electron chi connectivity index (χ4n) is 2.77. The maximum absolute atomic E-state index is 5.98. The number of rotatable bonds is 2. The minimum atomic E-state index is 0.371. The van der Waals surface area contributed by atoms with E-state index >= 15 is 0 Å². The van der Waals surface area contributed by atoms with Crippen LogP contribution in [0.5, 0.6) is 0 Å². The van der Waals surface area contributed by atoms with Gasteiger partial charge in [0.15, 0.2) is 0 Å². The molecule has 0 unspecified atom stereocenters. The number of benzene rings is 1. The molecular weight excluding hydrogens is 224 g/mol. The predicted molar refractivity (Wildman–Crippen MR) is 74.9 cm³/mol. The summed E-state index contributed by atoms with van der Waals surface area (Å²) >= 11 is 0. The van der Waals surface area contributed by atoms with Crippen LogP contribution in [0.15, 0.2) is 18.2 Å². The molecule has 4 nitrogen and oxygen atoms in total. The van der Waals surface area contributed by atoms with Crippen LogP contribution in [0.3, 0.4) is 0 Å². The Morgan fingerprint density at radius 2 is 2.17 bits per heavy atom. The van der Waals surface area contributed by atoms with Crippen LogP contribution in [0, 0.1) is 0 Å². The fraction of sp³-hybridized carbons (Fsp3) is 0.500. The Hall–Kier alpha value is -1.55. The summed E-state index contributed by atoms with van der Waals surface area (Å²) < 4.78 is 0. The highest BCUT2D eigenvalue weighted by atomic mass is 15.2. The number of fused-ring (bicyclic) bond motifs is 1. The smallest absolute Gasteiger partial charge is 0.0944 e. The van der Waals surface area contributed by atoms with E-state index in [1.807, 2.05) is 0 Å². The normalized spacial score (nSPS) is 17.6. The van der Waals surface area contributed by atoms with Crippen molar-refractivity contribution in [2.75, 3.05) is 18.0 Å². The Balaban J connectivity index is 2.02. The van der Waals surface area contributed by atoms with E-state index in [4.69, 9.17) is 5.73 Å². The quantitative estimate of drug-likeness (QED) is 0.850. The van der Waals surface area contributed by atoms with Crippen LogP contribution < -0.4 is 10.6 Å². The zero-order valence-corrected chi connectivity index (χ0v) is 10.8. The average molecular weight is 244 g/mol. The number of nitrogens with one attached hydrogen (secondary N) is 1. The maximum atomic E-state index is 5.98. The minimum absolute atomic E-state index is 0.371. The molecule has 96 valence electrons. The summed E-state index contributed by atoms with van der Waals surface area (Å²) in [5, 5.41) is 8.82. The van der Waals surface area contributed by atoms with Gasteiger partial charge >= 0.3 is 0 Å². The molecule has 1 aliphatic heterocycles. The standard InChI is InChI=1S/C14H20N4/c1-2-11-14-12(17-16-11)4-3-5-13(14)18-8-6-10(15)7-9-18/h3-5,10H,2,6-9,15H2,1H3,(H,16,17). The molecule has 0 radical (unpaired) electrons. The van der Waals surface area contributed by atoms with Gasteiger partial charge in [0.1, 0.15) is 0 Å². The highest BCUT2D eigenvalue weighted by molar-refractivity contribution is 5.94. The van der Waals surface area contributed by atoms with Gasteiger partial charge in [-0.1, -0.05) is 13.0 Å². The van der Waals surface area contributed by atoms with Gasteiger partial charge in [0.25, 0.3) is 0 Å². The summed E-state index contributed by atoms with van der Waals surface area (Å²) in [6.45, 7) is 4.26. The van der Waals surface area contributed by atoms with Crippen LogP contribution >= 0.6 is 0 Å². The first-order valence-corrected chi connectivity index (χ1v) is 6.76. The number of aromatic amines is 1. The molecule has 0 spiro atoms. The van der Waals surface area contributed by atoms with Crippen molar-refractivity contribution in [3.63, 3.8) is 0 Å². The number of aromatic nitrogens is 2. The molecule has 2 heterocycles. The zero-order chi connectivity index (χ0) is 12.5. The van der Waals surface area contributed by atoms with Crippen molar-refractivity contribution in [2.24, 2.45) is 5.73 Å². The van der Waals surface area contributed by atoms with Gasteiger partial charge in [0, 0.05) is 35.9 Å². The summed E-state index contributed by atoms with van der Waals surface area (Å²) in [7, 11) is 0. The van der Waals surface area contributed by atoms with E-state index in [2.05, 4.69) is 40.2 Å². The number of nitrogens with two attached hydrogens (primary N) is 1. The summed E-state index contributed by atoms with van der Waals surface area (Å²) in [5.41, 5.74) is 9.59. The molecule has 0 amide bonds. The Labute approximate surface area is 107 Å². The van der Waals surface area contributed by atoms with Crippen molar-refractivity contribution in [3.05, 3.63) is 23.9 Å². The number of piperidine rings is 1. The summed E-state index contributed by atoms with van der Waals surface area (Å²) in [5.74, 6) is 0. The van der Waals surface area contributed by atoms with E-state index in [-0.39, 0.29) is 0 Å². The number of H-pyrrole nitrogens is 1. The molecule has 18 heavy (non-hydrogen) atoms. The van der Waals surface area contributed by atoms with Crippen molar-refractivity contribution in [1.29, 1.82) is 0 Å². The highest BCUT2D eigenvalue weighted by Crippen LogP contribution is 2.30. The number of aryl methyl sites for hydroxylation is 1. The fourth-order valence-corrected chi connectivity index (χ4v) is 2.77. The van der Waals surface area contributed by atoms with Gasteiger partial charge in [-0.3, -0.25) is 5.10 Å². The van der Waals surface area contributed by atoms with E-state index in [0.717, 1.165) is 37.9 Å². The van der Waals surface area contributed by atoms with Gasteiger partial charge in [-0.2, -0.15) is 5.10 Å². The lowest BCUT2D eigenvalue weighted by atomic mass is 10.0. The molecule has 4 heteroatoms.